The van der Waals surface area contributed by atoms with Crippen LogP contribution < -0.4 is 15.5 Å². The lowest BCUT2D eigenvalue weighted by Gasteiger charge is -2.37. The van der Waals surface area contributed by atoms with Gasteiger partial charge >= 0.3 is 6.03 Å². The molecule has 1 fully saturated rings. The molecule has 0 aromatic heterocycles. The molecule has 8 heteroatoms. The largest absolute Gasteiger partial charge is 0.367 e. The van der Waals surface area contributed by atoms with Gasteiger partial charge in [-0.15, -0.1) is 0 Å². The average Bonchev–Trinajstić information content (AvgIpc) is 2.74. The Labute approximate surface area is 179 Å². The summed E-state index contributed by atoms with van der Waals surface area (Å²) in [6.45, 7) is 13.3. The number of anilines is 2. The number of piperazine rings is 1. The maximum atomic E-state index is 13.2. The summed E-state index contributed by atoms with van der Waals surface area (Å²) in [5, 5.41) is 5.77. The summed E-state index contributed by atoms with van der Waals surface area (Å²) in [4.78, 5) is 43.0. The minimum Gasteiger partial charge on any atom is -0.367 e. The Morgan fingerprint density at radius 2 is 1.67 bits per heavy atom. The predicted octanol–water partition coefficient (Wildman–Crippen LogP) is 2.76. The van der Waals surface area contributed by atoms with Crippen LogP contribution in [0.3, 0.4) is 0 Å². The van der Waals surface area contributed by atoms with Crippen molar-refractivity contribution in [2.45, 2.75) is 47.1 Å². The number of amides is 4. The zero-order valence-corrected chi connectivity index (χ0v) is 18.8. The zero-order valence-electron chi connectivity index (χ0n) is 18.8. The van der Waals surface area contributed by atoms with Crippen LogP contribution in [-0.4, -0.2) is 73.0 Å². The van der Waals surface area contributed by atoms with Crippen molar-refractivity contribution in [3.63, 3.8) is 0 Å². The first-order valence-electron chi connectivity index (χ1n) is 10.8. The van der Waals surface area contributed by atoms with Crippen molar-refractivity contribution in [3.05, 3.63) is 23.8 Å². The molecule has 0 atom stereocenters. The third-order valence-corrected chi connectivity index (χ3v) is 5.20. The van der Waals surface area contributed by atoms with E-state index in [0.29, 0.717) is 56.9 Å². The van der Waals surface area contributed by atoms with E-state index in [1.807, 2.05) is 39.8 Å². The Morgan fingerprint density at radius 1 is 1.03 bits per heavy atom. The number of benzene rings is 1. The number of hydrogen-bond donors (Lipinski definition) is 2. The predicted molar refractivity (Wildman–Crippen MR) is 120 cm³/mol. The minimum absolute atomic E-state index is 0.0532. The molecular formula is C22H35N5O3. The molecule has 4 amide bonds. The number of carbonyl (C=O) groups excluding carboxylic acids is 3. The van der Waals surface area contributed by atoms with Gasteiger partial charge in [0.15, 0.2) is 0 Å². The van der Waals surface area contributed by atoms with Crippen LogP contribution in [0.25, 0.3) is 0 Å². The van der Waals surface area contributed by atoms with Crippen LogP contribution in [0.4, 0.5) is 16.2 Å². The van der Waals surface area contributed by atoms with Crippen LogP contribution in [0.1, 0.15) is 51.4 Å². The van der Waals surface area contributed by atoms with E-state index in [4.69, 9.17) is 0 Å². The Morgan fingerprint density at radius 3 is 2.20 bits per heavy atom. The molecule has 2 N–H and O–H groups in total. The van der Waals surface area contributed by atoms with Crippen LogP contribution in [0.5, 0.6) is 0 Å². The van der Waals surface area contributed by atoms with E-state index >= 15 is 0 Å². The number of urea groups is 1. The fraction of sp³-hybridized carbons (Fsp3) is 0.591. The second-order valence-corrected chi connectivity index (χ2v) is 7.69. The molecule has 1 saturated heterocycles. The van der Waals surface area contributed by atoms with Crippen LogP contribution in [0.2, 0.25) is 0 Å². The number of hydrogen-bond acceptors (Lipinski definition) is 4. The van der Waals surface area contributed by atoms with Crippen LogP contribution in [0.15, 0.2) is 18.2 Å². The SMILES string of the molecule is CCC(=O)Nc1ccc(N2CCN(C(=O)NC(C)C)CC2)c(C(=O)N(CC)CC)c1. The third kappa shape index (κ3) is 5.87. The van der Waals surface area contributed by atoms with Crippen molar-refractivity contribution < 1.29 is 14.4 Å². The van der Waals surface area contributed by atoms with Crippen LogP contribution >= 0.6 is 0 Å². The van der Waals surface area contributed by atoms with Gasteiger partial charge in [-0.1, -0.05) is 6.92 Å². The van der Waals surface area contributed by atoms with Gasteiger partial charge in [-0.05, 0) is 45.9 Å². The maximum Gasteiger partial charge on any atom is 0.317 e. The molecular weight excluding hydrogens is 382 g/mol. The van der Waals surface area contributed by atoms with Crippen molar-refractivity contribution in [1.82, 2.24) is 15.1 Å². The highest BCUT2D eigenvalue weighted by molar-refractivity contribution is 6.02. The van der Waals surface area contributed by atoms with E-state index < -0.39 is 0 Å². The highest BCUT2D eigenvalue weighted by Gasteiger charge is 2.26. The normalized spacial score (nSPS) is 13.9. The Bertz CT molecular complexity index is 753. The topological polar surface area (TPSA) is 85.0 Å². The molecule has 30 heavy (non-hydrogen) atoms. The van der Waals surface area contributed by atoms with Crippen LogP contribution in [-0.2, 0) is 4.79 Å². The van der Waals surface area contributed by atoms with Gasteiger partial charge < -0.3 is 25.3 Å². The lowest BCUT2D eigenvalue weighted by atomic mass is 10.1. The van der Waals surface area contributed by atoms with E-state index in [1.54, 1.807) is 22.8 Å². The molecule has 166 valence electrons. The molecule has 1 heterocycles. The summed E-state index contributed by atoms with van der Waals surface area (Å²) >= 11 is 0. The third-order valence-electron chi connectivity index (χ3n) is 5.20. The Balaban J connectivity index is 2.25. The summed E-state index contributed by atoms with van der Waals surface area (Å²) in [6.07, 6.45) is 0.376. The first-order chi connectivity index (χ1) is 14.3. The number of nitrogens with zero attached hydrogens (tertiary/aromatic N) is 3. The first-order valence-corrected chi connectivity index (χ1v) is 10.8. The highest BCUT2D eigenvalue weighted by Crippen LogP contribution is 2.27. The van der Waals surface area contributed by atoms with Gasteiger partial charge in [-0.3, -0.25) is 9.59 Å². The number of carbonyl (C=O) groups is 3. The van der Waals surface area contributed by atoms with Gasteiger partial charge in [0.2, 0.25) is 5.91 Å². The molecule has 8 nitrogen and oxygen atoms in total. The molecule has 2 rings (SSSR count). The van der Waals surface area contributed by atoms with Crippen molar-refractivity contribution in [3.8, 4) is 0 Å². The second-order valence-electron chi connectivity index (χ2n) is 7.69. The van der Waals surface area contributed by atoms with Gasteiger partial charge in [0.25, 0.3) is 5.91 Å². The Kier molecular flexibility index (Phi) is 8.50. The fourth-order valence-electron chi connectivity index (χ4n) is 3.48. The Hall–Kier alpha value is -2.77. The van der Waals surface area contributed by atoms with Gasteiger partial charge in [0.05, 0.1) is 5.56 Å². The summed E-state index contributed by atoms with van der Waals surface area (Å²) < 4.78 is 0. The second kappa shape index (κ2) is 10.8. The van der Waals surface area contributed by atoms with Gasteiger partial charge in [-0.25, -0.2) is 4.79 Å². The van der Waals surface area contributed by atoms with Gasteiger partial charge in [-0.2, -0.15) is 0 Å². The highest BCUT2D eigenvalue weighted by atomic mass is 16.2. The smallest absolute Gasteiger partial charge is 0.317 e. The first kappa shape index (κ1) is 23.5. The van der Waals surface area contributed by atoms with Crippen molar-refractivity contribution in [1.29, 1.82) is 0 Å². The quantitative estimate of drug-likeness (QED) is 0.714. The van der Waals surface area contributed by atoms with Gasteiger partial charge in [0, 0.05) is 63.1 Å². The maximum absolute atomic E-state index is 13.2. The molecule has 0 unspecified atom stereocenters. The average molecular weight is 418 g/mol. The summed E-state index contributed by atoms with van der Waals surface area (Å²) in [5.41, 5.74) is 2.04. The standard InChI is InChI=1S/C22H35N5O3/c1-6-20(28)24-17-9-10-19(18(15-17)21(29)25(7-2)8-3)26-11-13-27(14-12-26)22(30)23-16(4)5/h9-10,15-16H,6-8,11-14H2,1-5H3,(H,23,30)(H,24,28). The minimum atomic E-state index is -0.0891. The number of nitrogens with one attached hydrogen (secondary N) is 2. The molecule has 1 aliphatic heterocycles. The molecule has 0 aliphatic carbocycles. The summed E-state index contributed by atoms with van der Waals surface area (Å²) in [6, 6.07) is 5.54. The van der Waals surface area contributed by atoms with E-state index in [0.717, 1.165) is 5.69 Å². The zero-order chi connectivity index (χ0) is 22.3. The summed E-state index contributed by atoms with van der Waals surface area (Å²) in [5.74, 6) is -0.142. The molecule has 0 radical (unpaired) electrons. The summed E-state index contributed by atoms with van der Waals surface area (Å²) in [7, 11) is 0. The number of rotatable bonds is 7. The lowest BCUT2D eigenvalue weighted by molar-refractivity contribution is -0.115. The van der Waals surface area contributed by atoms with Crippen molar-refractivity contribution in [2.75, 3.05) is 49.5 Å². The van der Waals surface area contributed by atoms with E-state index in [9.17, 15) is 14.4 Å². The van der Waals surface area contributed by atoms with E-state index in [-0.39, 0.29) is 23.9 Å². The molecule has 0 saturated carbocycles. The molecule has 0 spiro atoms. The van der Waals surface area contributed by atoms with Crippen LogP contribution in [0, 0.1) is 0 Å². The van der Waals surface area contributed by atoms with Crippen molar-refractivity contribution >= 4 is 29.2 Å². The monoisotopic (exact) mass is 417 g/mol. The van der Waals surface area contributed by atoms with Crippen molar-refractivity contribution in [2.24, 2.45) is 0 Å². The lowest BCUT2D eigenvalue weighted by Crippen LogP contribution is -2.53. The van der Waals surface area contributed by atoms with E-state index in [1.165, 1.54) is 0 Å². The molecule has 1 aromatic rings. The fourth-order valence-corrected chi connectivity index (χ4v) is 3.48. The molecule has 1 aromatic carbocycles. The molecule has 1 aliphatic rings. The van der Waals surface area contributed by atoms with E-state index in [2.05, 4.69) is 15.5 Å². The molecule has 0 bridgehead atoms. The van der Waals surface area contributed by atoms with Gasteiger partial charge in [0.1, 0.15) is 0 Å².